The standard InChI is InChI=1S/C78H152O17P2/c1-8-9-10-11-12-13-14-15-16-17-18-19-20-21-22-27-33-38-47-54-61-77(82)94-73(65-88-75(80)59-52-45-37-32-26-24-23-25-30-35-42-49-56-69(2)3)67-92-96(84,85)90-63-72(79)64-91-97(86,87)93-68-74(66-89-76(81)60-53-46-41-40-44-51-58-71(6)7)95-78(83)62-55-48-39-34-29-28-31-36-43-50-57-70(4)5/h69-74,79H,8-68H2,1-7H3,(H,84,85)(H,86,87)/t72-,73-,74-/m1/s1. The largest absolute Gasteiger partial charge is 0.472 e. The van der Waals surface area contributed by atoms with Crippen LogP contribution in [0.15, 0.2) is 0 Å². The van der Waals surface area contributed by atoms with Crippen LogP contribution in [-0.2, 0) is 65.4 Å². The van der Waals surface area contributed by atoms with Gasteiger partial charge >= 0.3 is 39.5 Å². The average molecular weight is 1420 g/mol. The summed E-state index contributed by atoms with van der Waals surface area (Å²) in [5, 5.41) is 10.6. The highest BCUT2D eigenvalue weighted by atomic mass is 31.2. The first-order valence-corrected chi connectivity index (χ1v) is 43.3. The van der Waals surface area contributed by atoms with E-state index >= 15 is 0 Å². The Morgan fingerprint density at radius 3 is 0.701 bits per heavy atom. The molecule has 0 aromatic heterocycles. The smallest absolute Gasteiger partial charge is 0.462 e. The Morgan fingerprint density at radius 1 is 0.278 bits per heavy atom. The quantitative estimate of drug-likeness (QED) is 0.0222. The normalized spacial score (nSPS) is 14.0. The predicted octanol–water partition coefficient (Wildman–Crippen LogP) is 23.0. The van der Waals surface area contributed by atoms with Crippen molar-refractivity contribution in [1.82, 2.24) is 0 Å². The second-order valence-corrected chi connectivity index (χ2v) is 32.4. The number of phosphoric ester groups is 2. The van der Waals surface area contributed by atoms with E-state index in [0.29, 0.717) is 31.6 Å². The molecular formula is C78H152O17P2. The Labute approximate surface area is 594 Å². The lowest BCUT2D eigenvalue weighted by Gasteiger charge is -2.21. The van der Waals surface area contributed by atoms with Crippen LogP contribution in [0.5, 0.6) is 0 Å². The number of aliphatic hydroxyl groups is 1. The molecule has 17 nitrogen and oxygen atoms in total. The van der Waals surface area contributed by atoms with Crippen molar-refractivity contribution in [2.45, 2.75) is 420 Å². The molecule has 0 aromatic carbocycles. The van der Waals surface area contributed by atoms with E-state index in [-0.39, 0.29) is 25.7 Å². The summed E-state index contributed by atoms with van der Waals surface area (Å²) in [5.41, 5.74) is 0. The summed E-state index contributed by atoms with van der Waals surface area (Å²) in [5.74, 6) is 0.0950. The van der Waals surface area contributed by atoms with Gasteiger partial charge in [-0.1, -0.05) is 350 Å². The third-order valence-electron chi connectivity index (χ3n) is 18.1. The number of rotatable bonds is 76. The topological polar surface area (TPSA) is 237 Å². The molecule has 0 aliphatic carbocycles. The molecule has 0 radical (unpaired) electrons. The molecule has 0 aliphatic rings. The Morgan fingerprint density at radius 2 is 0.474 bits per heavy atom. The first-order valence-electron chi connectivity index (χ1n) is 40.3. The summed E-state index contributed by atoms with van der Waals surface area (Å²) < 4.78 is 68.6. The van der Waals surface area contributed by atoms with Crippen LogP contribution in [0.4, 0.5) is 0 Å². The molecule has 0 fully saturated rings. The molecule has 0 aliphatic heterocycles. The van der Waals surface area contributed by atoms with Gasteiger partial charge in [-0.05, 0) is 43.4 Å². The fourth-order valence-electron chi connectivity index (χ4n) is 12.0. The summed E-state index contributed by atoms with van der Waals surface area (Å²) >= 11 is 0. The van der Waals surface area contributed by atoms with E-state index in [2.05, 4.69) is 48.5 Å². The number of carbonyl (C=O) groups is 4. The van der Waals surface area contributed by atoms with Crippen molar-refractivity contribution in [2.75, 3.05) is 39.6 Å². The molecule has 0 aromatic rings. The van der Waals surface area contributed by atoms with E-state index in [9.17, 15) is 43.2 Å². The van der Waals surface area contributed by atoms with E-state index in [1.165, 1.54) is 205 Å². The second-order valence-electron chi connectivity index (χ2n) is 29.5. The fraction of sp³-hybridized carbons (Fsp3) is 0.949. The van der Waals surface area contributed by atoms with Crippen LogP contribution in [-0.4, -0.2) is 96.7 Å². The minimum absolute atomic E-state index is 0.105. The van der Waals surface area contributed by atoms with Gasteiger partial charge in [-0.2, -0.15) is 0 Å². The summed E-state index contributed by atoms with van der Waals surface area (Å²) in [6.45, 7) is 11.8. The van der Waals surface area contributed by atoms with Crippen molar-refractivity contribution >= 4 is 39.5 Å². The Kier molecular flexibility index (Phi) is 67.1. The van der Waals surface area contributed by atoms with Gasteiger partial charge in [0.1, 0.15) is 19.3 Å². The SMILES string of the molecule is CCCCCCCCCCCCCCCCCCCCCCC(=O)O[C@H](COC(=O)CCCCCCCCCCCCCCC(C)C)COP(=O)(O)OC[C@@H](O)COP(=O)(O)OC[C@@H](COC(=O)CCCCCCCCC(C)C)OC(=O)CCCCCCCCCCCCC(C)C. The molecule has 97 heavy (non-hydrogen) atoms. The minimum atomic E-state index is -4.96. The Bertz CT molecular complexity index is 1890. The number of aliphatic hydroxyl groups excluding tert-OH is 1. The zero-order valence-electron chi connectivity index (χ0n) is 63.5. The van der Waals surface area contributed by atoms with Crippen LogP contribution in [0.3, 0.4) is 0 Å². The van der Waals surface area contributed by atoms with Gasteiger partial charge in [0.05, 0.1) is 26.4 Å². The third-order valence-corrected chi connectivity index (χ3v) is 20.0. The molecule has 5 atom stereocenters. The summed E-state index contributed by atoms with van der Waals surface area (Å²) in [6, 6.07) is 0. The molecule has 0 saturated heterocycles. The number of unbranched alkanes of at least 4 members (excludes halogenated alkanes) is 44. The molecule has 0 spiro atoms. The highest BCUT2D eigenvalue weighted by molar-refractivity contribution is 7.47. The first kappa shape index (κ1) is 95.1. The van der Waals surface area contributed by atoms with Gasteiger partial charge in [-0.3, -0.25) is 37.3 Å². The van der Waals surface area contributed by atoms with Gasteiger partial charge in [0.2, 0.25) is 0 Å². The van der Waals surface area contributed by atoms with E-state index < -0.39 is 97.5 Å². The predicted molar refractivity (Wildman–Crippen MR) is 395 cm³/mol. The maximum atomic E-state index is 13.1. The van der Waals surface area contributed by atoms with E-state index in [1.54, 1.807) is 0 Å². The lowest BCUT2D eigenvalue weighted by atomic mass is 10.0. The molecule has 0 bridgehead atoms. The number of hydrogen-bond acceptors (Lipinski definition) is 15. The molecule has 0 amide bonds. The number of carbonyl (C=O) groups excluding carboxylic acids is 4. The van der Waals surface area contributed by atoms with Crippen LogP contribution < -0.4 is 0 Å². The van der Waals surface area contributed by atoms with Crippen LogP contribution in [0.25, 0.3) is 0 Å². The van der Waals surface area contributed by atoms with Gasteiger partial charge in [-0.25, -0.2) is 9.13 Å². The Hall–Kier alpha value is -1.94. The van der Waals surface area contributed by atoms with E-state index in [1.807, 2.05) is 0 Å². The molecule has 0 heterocycles. The van der Waals surface area contributed by atoms with Crippen molar-refractivity contribution in [3.63, 3.8) is 0 Å². The number of phosphoric acid groups is 2. The van der Waals surface area contributed by atoms with Gasteiger partial charge in [0, 0.05) is 25.7 Å². The zero-order chi connectivity index (χ0) is 71.6. The highest BCUT2D eigenvalue weighted by Crippen LogP contribution is 2.45. The lowest BCUT2D eigenvalue weighted by molar-refractivity contribution is -0.161. The van der Waals surface area contributed by atoms with Crippen molar-refractivity contribution in [1.29, 1.82) is 0 Å². The number of esters is 4. The van der Waals surface area contributed by atoms with Crippen LogP contribution in [0.1, 0.15) is 402 Å². The summed E-state index contributed by atoms with van der Waals surface area (Å²) in [4.78, 5) is 72.8. The third kappa shape index (κ3) is 72.2. The average Bonchev–Trinajstić information content (AvgIpc) is 1.49. The van der Waals surface area contributed by atoms with Crippen LogP contribution in [0.2, 0.25) is 0 Å². The molecule has 0 rings (SSSR count). The summed E-state index contributed by atoms with van der Waals surface area (Å²) in [6.07, 6.45) is 55.7. The van der Waals surface area contributed by atoms with Gasteiger partial charge in [-0.15, -0.1) is 0 Å². The van der Waals surface area contributed by atoms with Crippen molar-refractivity contribution in [3.05, 3.63) is 0 Å². The lowest BCUT2D eigenvalue weighted by Crippen LogP contribution is -2.30. The molecule has 2 unspecified atom stereocenters. The van der Waals surface area contributed by atoms with Gasteiger partial charge < -0.3 is 33.8 Å². The molecular weight excluding hydrogens is 1270 g/mol. The fourth-order valence-corrected chi connectivity index (χ4v) is 13.5. The van der Waals surface area contributed by atoms with Crippen LogP contribution in [0, 0.1) is 17.8 Å². The molecule has 576 valence electrons. The number of hydrogen-bond donors (Lipinski definition) is 3. The second kappa shape index (κ2) is 68.5. The molecule has 0 saturated carbocycles. The highest BCUT2D eigenvalue weighted by Gasteiger charge is 2.30. The monoisotopic (exact) mass is 1420 g/mol. The zero-order valence-corrected chi connectivity index (χ0v) is 65.3. The van der Waals surface area contributed by atoms with Gasteiger partial charge in [0.15, 0.2) is 12.2 Å². The number of ether oxygens (including phenoxy) is 4. The first-order chi connectivity index (χ1) is 46.7. The van der Waals surface area contributed by atoms with Crippen LogP contribution >= 0.6 is 15.6 Å². The Balaban J connectivity index is 5.22. The molecule has 19 heteroatoms. The van der Waals surface area contributed by atoms with E-state index in [0.717, 1.165) is 108 Å². The maximum Gasteiger partial charge on any atom is 0.472 e. The van der Waals surface area contributed by atoms with Gasteiger partial charge in [0.25, 0.3) is 0 Å². The molecule has 3 N–H and O–H groups in total. The summed E-state index contributed by atoms with van der Waals surface area (Å²) in [7, 11) is -9.91. The van der Waals surface area contributed by atoms with Crippen molar-refractivity contribution < 1.29 is 80.2 Å². The van der Waals surface area contributed by atoms with E-state index in [4.69, 9.17) is 37.0 Å². The van der Waals surface area contributed by atoms with Crippen molar-refractivity contribution in [2.24, 2.45) is 17.8 Å². The maximum absolute atomic E-state index is 13.1. The van der Waals surface area contributed by atoms with Crippen molar-refractivity contribution in [3.8, 4) is 0 Å². The minimum Gasteiger partial charge on any atom is -0.462 e.